The molecule has 0 spiro atoms. The van der Waals surface area contributed by atoms with E-state index in [0.717, 1.165) is 19.3 Å². The molecule has 16 heavy (non-hydrogen) atoms. The summed E-state index contributed by atoms with van der Waals surface area (Å²) in [5.41, 5.74) is 0.334. The molecule has 0 radical (unpaired) electrons. The van der Waals surface area contributed by atoms with E-state index in [2.05, 4.69) is 6.92 Å². The highest BCUT2D eigenvalue weighted by molar-refractivity contribution is 5.26. The zero-order valence-corrected chi connectivity index (χ0v) is 9.76. The van der Waals surface area contributed by atoms with Crippen LogP contribution >= 0.6 is 0 Å². The Kier molecular flexibility index (Phi) is 4.87. The maximum atomic E-state index is 13.5. The molecule has 1 aromatic rings. The lowest BCUT2D eigenvalue weighted by atomic mass is 10.0. The van der Waals surface area contributed by atoms with Crippen molar-refractivity contribution in [2.45, 2.75) is 45.6 Å². The van der Waals surface area contributed by atoms with E-state index >= 15 is 0 Å². The minimum absolute atomic E-state index is 0.0687. The number of aryl methyl sites for hydroxylation is 1. The molecular formula is C13H18F2O. The molecule has 0 saturated carbocycles. The first-order valence-electron chi connectivity index (χ1n) is 5.70. The average Bonchev–Trinajstić information content (AvgIpc) is 2.26. The molecule has 1 nitrogen and oxygen atoms in total. The maximum absolute atomic E-state index is 13.5. The van der Waals surface area contributed by atoms with Crippen LogP contribution < -0.4 is 0 Å². The molecule has 0 amide bonds. The summed E-state index contributed by atoms with van der Waals surface area (Å²) in [6.07, 6.45) is 2.44. The highest BCUT2D eigenvalue weighted by Gasteiger charge is 2.16. The summed E-state index contributed by atoms with van der Waals surface area (Å²) in [7, 11) is 0. The van der Waals surface area contributed by atoms with Crippen molar-refractivity contribution in [2.75, 3.05) is 0 Å². The zero-order chi connectivity index (χ0) is 12.1. The van der Waals surface area contributed by atoms with Gasteiger partial charge in [-0.25, -0.2) is 8.78 Å². The van der Waals surface area contributed by atoms with Crippen molar-refractivity contribution >= 4 is 0 Å². The van der Waals surface area contributed by atoms with Crippen molar-refractivity contribution < 1.29 is 13.9 Å². The first kappa shape index (κ1) is 13.1. The Morgan fingerprint density at radius 2 is 1.88 bits per heavy atom. The number of aliphatic hydroxyl groups is 1. The SMILES string of the molecule is CCCCCC(O)c1ccc(C)c(F)c1F. The van der Waals surface area contributed by atoms with Crippen molar-refractivity contribution in [3.05, 3.63) is 34.9 Å². The van der Waals surface area contributed by atoms with Crippen LogP contribution in [0.15, 0.2) is 12.1 Å². The second-order valence-corrected chi connectivity index (χ2v) is 4.11. The fourth-order valence-electron chi connectivity index (χ4n) is 1.66. The van der Waals surface area contributed by atoms with Crippen molar-refractivity contribution in [2.24, 2.45) is 0 Å². The Balaban J connectivity index is 2.76. The largest absolute Gasteiger partial charge is 0.388 e. The summed E-state index contributed by atoms with van der Waals surface area (Å²) in [4.78, 5) is 0. The Morgan fingerprint density at radius 3 is 2.50 bits per heavy atom. The highest BCUT2D eigenvalue weighted by atomic mass is 19.2. The third-order valence-electron chi connectivity index (χ3n) is 2.75. The quantitative estimate of drug-likeness (QED) is 0.758. The molecule has 0 bridgehead atoms. The van der Waals surface area contributed by atoms with Crippen LogP contribution in [0, 0.1) is 18.6 Å². The lowest BCUT2D eigenvalue weighted by Gasteiger charge is -2.12. The Hall–Kier alpha value is -0.960. The second-order valence-electron chi connectivity index (χ2n) is 4.11. The van der Waals surface area contributed by atoms with Crippen LogP contribution in [-0.2, 0) is 0 Å². The number of halogens is 2. The van der Waals surface area contributed by atoms with Gasteiger partial charge >= 0.3 is 0 Å². The Labute approximate surface area is 95.1 Å². The summed E-state index contributed by atoms with van der Waals surface area (Å²) in [5, 5.41) is 9.74. The lowest BCUT2D eigenvalue weighted by Crippen LogP contribution is -2.04. The first-order chi connectivity index (χ1) is 7.57. The predicted octanol–water partition coefficient (Wildman–Crippen LogP) is 3.89. The van der Waals surface area contributed by atoms with Gasteiger partial charge in [0.05, 0.1) is 6.10 Å². The third kappa shape index (κ3) is 3.01. The lowest BCUT2D eigenvalue weighted by molar-refractivity contribution is 0.158. The standard InChI is InChI=1S/C13H18F2O/c1-3-4-5-6-11(16)10-8-7-9(2)12(14)13(10)15/h7-8,11,16H,3-6H2,1-2H3. The molecule has 1 atom stereocenters. The van der Waals surface area contributed by atoms with Crippen LogP contribution in [0.1, 0.15) is 49.8 Å². The number of rotatable bonds is 5. The highest BCUT2D eigenvalue weighted by Crippen LogP contribution is 2.25. The van der Waals surface area contributed by atoms with Crippen LogP contribution in [-0.4, -0.2) is 5.11 Å². The number of hydrogen-bond acceptors (Lipinski definition) is 1. The Bertz CT molecular complexity index is 350. The topological polar surface area (TPSA) is 20.2 Å². The van der Waals surface area contributed by atoms with Gasteiger partial charge < -0.3 is 5.11 Å². The maximum Gasteiger partial charge on any atom is 0.164 e. The summed E-state index contributed by atoms with van der Waals surface area (Å²) in [5.74, 6) is -1.77. The number of benzene rings is 1. The molecule has 1 aromatic carbocycles. The molecule has 0 aliphatic heterocycles. The minimum atomic E-state index is -0.913. The van der Waals surface area contributed by atoms with E-state index in [-0.39, 0.29) is 11.1 Å². The van der Waals surface area contributed by atoms with Crippen LogP contribution in [0.25, 0.3) is 0 Å². The fourth-order valence-corrected chi connectivity index (χ4v) is 1.66. The van der Waals surface area contributed by atoms with Crippen LogP contribution in [0.3, 0.4) is 0 Å². The smallest absolute Gasteiger partial charge is 0.164 e. The van der Waals surface area contributed by atoms with E-state index in [1.165, 1.54) is 19.1 Å². The van der Waals surface area contributed by atoms with Gasteiger partial charge in [-0.2, -0.15) is 0 Å². The van der Waals surface area contributed by atoms with Crippen molar-refractivity contribution in [3.8, 4) is 0 Å². The van der Waals surface area contributed by atoms with E-state index in [0.29, 0.717) is 6.42 Å². The van der Waals surface area contributed by atoms with Gasteiger partial charge in [0.1, 0.15) is 0 Å². The van der Waals surface area contributed by atoms with Gasteiger partial charge in [0.2, 0.25) is 0 Å². The summed E-state index contributed by atoms with van der Waals surface area (Å²) in [6.45, 7) is 3.56. The molecule has 0 saturated heterocycles. The van der Waals surface area contributed by atoms with Crippen LogP contribution in [0.5, 0.6) is 0 Å². The van der Waals surface area contributed by atoms with E-state index in [1.807, 2.05) is 0 Å². The third-order valence-corrected chi connectivity index (χ3v) is 2.75. The van der Waals surface area contributed by atoms with Crippen molar-refractivity contribution in [3.63, 3.8) is 0 Å². The molecule has 90 valence electrons. The number of aliphatic hydroxyl groups excluding tert-OH is 1. The van der Waals surface area contributed by atoms with E-state index in [9.17, 15) is 13.9 Å². The summed E-state index contributed by atoms with van der Waals surface area (Å²) in [6, 6.07) is 2.96. The van der Waals surface area contributed by atoms with Gasteiger partial charge in [0.15, 0.2) is 11.6 Å². The van der Waals surface area contributed by atoms with Gasteiger partial charge in [-0.3, -0.25) is 0 Å². The van der Waals surface area contributed by atoms with Crippen LogP contribution in [0.2, 0.25) is 0 Å². The van der Waals surface area contributed by atoms with Gasteiger partial charge in [-0.05, 0) is 18.9 Å². The molecule has 1 rings (SSSR count). The zero-order valence-electron chi connectivity index (χ0n) is 9.76. The molecule has 0 aliphatic carbocycles. The second kappa shape index (κ2) is 5.94. The summed E-state index contributed by atoms with van der Waals surface area (Å²) < 4.78 is 26.7. The number of unbranched alkanes of at least 4 members (excludes halogenated alkanes) is 2. The molecule has 1 N–H and O–H groups in total. The number of hydrogen-bond donors (Lipinski definition) is 1. The molecule has 0 heterocycles. The monoisotopic (exact) mass is 228 g/mol. The molecule has 0 aliphatic rings. The van der Waals surface area contributed by atoms with Crippen molar-refractivity contribution in [1.82, 2.24) is 0 Å². The van der Waals surface area contributed by atoms with Gasteiger partial charge in [0, 0.05) is 5.56 Å². The molecule has 0 fully saturated rings. The van der Waals surface area contributed by atoms with E-state index in [4.69, 9.17) is 0 Å². The summed E-state index contributed by atoms with van der Waals surface area (Å²) >= 11 is 0. The van der Waals surface area contributed by atoms with E-state index in [1.54, 1.807) is 0 Å². The predicted molar refractivity (Wildman–Crippen MR) is 60.2 cm³/mol. The fraction of sp³-hybridized carbons (Fsp3) is 0.538. The van der Waals surface area contributed by atoms with Gasteiger partial charge in [-0.1, -0.05) is 38.3 Å². The van der Waals surface area contributed by atoms with Gasteiger partial charge in [0.25, 0.3) is 0 Å². The first-order valence-corrected chi connectivity index (χ1v) is 5.70. The molecule has 1 unspecified atom stereocenters. The molecule has 3 heteroatoms. The molecular weight excluding hydrogens is 210 g/mol. The van der Waals surface area contributed by atoms with Crippen molar-refractivity contribution in [1.29, 1.82) is 0 Å². The van der Waals surface area contributed by atoms with E-state index < -0.39 is 17.7 Å². The average molecular weight is 228 g/mol. The minimum Gasteiger partial charge on any atom is -0.388 e. The Morgan fingerprint density at radius 1 is 1.19 bits per heavy atom. The van der Waals surface area contributed by atoms with Crippen LogP contribution in [0.4, 0.5) is 8.78 Å². The molecule has 0 aromatic heterocycles. The normalized spacial score (nSPS) is 12.8. The van der Waals surface area contributed by atoms with Gasteiger partial charge in [-0.15, -0.1) is 0 Å².